The minimum Gasteiger partial charge on any atom is -0.394 e. The van der Waals surface area contributed by atoms with E-state index in [1.54, 1.807) is 30.3 Å². The summed E-state index contributed by atoms with van der Waals surface area (Å²) in [5.41, 5.74) is 0.466. The summed E-state index contributed by atoms with van der Waals surface area (Å²) in [6.45, 7) is -0.334. The number of aliphatic hydroxyl groups is 3. The molecule has 0 aliphatic carbocycles. The monoisotopic (exact) mass is 267 g/mol. The van der Waals surface area contributed by atoms with Crippen molar-refractivity contribution >= 4 is 5.91 Å². The SMILES string of the molecule is O=C(NC1COC(CO)C(O)C1O)c1ccccc1. The molecule has 4 unspecified atom stereocenters. The zero-order valence-electron chi connectivity index (χ0n) is 10.3. The molecule has 0 spiro atoms. The summed E-state index contributed by atoms with van der Waals surface area (Å²) in [6.07, 6.45) is -3.21. The Balaban J connectivity index is 1.98. The first-order valence-electron chi connectivity index (χ1n) is 6.08. The summed E-state index contributed by atoms with van der Waals surface area (Å²) >= 11 is 0. The number of ether oxygens (including phenoxy) is 1. The molecule has 1 aliphatic heterocycles. The molecular formula is C13H17NO5. The van der Waals surface area contributed by atoms with Crippen molar-refractivity contribution in [2.75, 3.05) is 13.2 Å². The minimum atomic E-state index is -1.22. The highest BCUT2D eigenvalue weighted by Crippen LogP contribution is 2.15. The van der Waals surface area contributed by atoms with Crippen LogP contribution in [0.3, 0.4) is 0 Å². The fourth-order valence-electron chi connectivity index (χ4n) is 2.01. The van der Waals surface area contributed by atoms with Gasteiger partial charge in [-0.15, -0.1) is 0 Å². The Morgan fingerprint density at radius 2 is 1.95 bits per heavy atom. The van der Waals surface area contributed by atoms with Crippen molar-refractivity contribution in [2.24, 2.45) is 0 Å². The van der Waals surface area contributed by atoms with E-state index in [1.807, 2.05) is 0 Å². The van der Waals surface area contributed by atoms with Crippen molar-refractivity contribution in [2.45, 2.75) is 24.4 Å². The molecule has 6 nitrogen and oxygen atoms in total. The number of benzene rings is 1. The van der Waals surface area contributed by atoms with Gasteiger partial charge in [0.05, 0.1) is 19.3 Å². The topological polar surface area (TPSA) is 99.0 Å². The second kappa shape index (κ2) is 6.12. The largest absolute Gasteiger partial charge is 0.394 e. The Morgan fingerprint density at radius 3 is 2.58 bits per heavy atom. The van der Waals surface area contributed by atoms with E-state index in [4.69, 9.17) is 9.84 Å². The summed E-state index contributed by atoms with van der Waals surface area (Å²) in [6, 6.07) is 7.87. The number of hydrogen-bond donors (Lipinski definition) is 4. The molecule has 0 aromatic heterocycles. The summed E-state index contributed by atoms with van der Waals surface area (Å²) in [7, 11) is 0. The van der Waals surface area contributed by atoms with Gasteiger partial charge in [0, 0.05) is 5.56 Å². The van der Waals surface area contributed by atoms with Crippen LogP contribution < -0.4 is 5.32 Å². The van der Waals surface area contributed by atoms with Crippen molar-refractivity contribution in [3.63, 3.8) is 0 Å². The number of carbonyl (C=O) groups excluding carboxylic acids is 1. The van der Waals surface area contributed by atoms with Gasteiger partial charge in [-0.05, 0) is 12.1 Å². The van der Waals surface area contributed by atoms with Crippen LogP contribution in [-0.2, 0) is 4.74 Å². The van der Waals surface area contributed by atoms with Crippen molar-refractivity contribution in [1.29, 1.82) is 0 Å². The highest BCUT2D eigenvalue weighted by Gasteiger charge is 2.38. The number of carbonyl (C=O) groups is 1. The quantitative estimate of drug-likeness (QED) is 0.557. The van der Waals surface area contributed by atoms with Crippen LogP contribution in [0.5, 0.6) is 0 Å². The molecule has 1 aromatic carbocycles. The third kappa shape index (κ3) is 3.10. The maximum atomic E-state index is 11.9. The predicted octanol–water partition coefficient (Wildman–Crippen LogP) is -1.10. The van der Waals surface area contributed by atoms with E-state index in [2.05, 4.69) is 5.32 Å². The Bertz CT molecular complexity index is 424. The lowest BCUT2D eigenvalue weighted by Crippen LogP contribution is -2.59. The zero-order chi connectivity index (χ0) is 13.8. The van der Waals surface area contributed by atoms with E-state index >= 15 is 0 Å². The van der Waals surface area contributed by atoms with Gasteiger partial charge in [0.2, 0.25) is 0 Å². The van der Waals surface area contributed by atoms with E-state index in [-0.39, 0.29) is 19.1 Å². The summed E-state index contributed by atoms with van der Waals surface area (Å²) in [5, 5.41) is 31.1. The van der Waals surface area contributed by atoms with Gasteiger partial charge in [-0.1, -0.05) is 18.2 Å². The van der Waals surface area contributed by atoms with Crippen LogP contribution in [0, 0.1) is 0 Å². The zero-order valence-corrected chi connectivity index (χ0v) is 10.3. The van der Waals surface area contributed by atoms with Crippen LogP contribution in [0.25, 0.3) is 0 Å². The van der Waals surface area contributed by atoms with Gasteiger partial charge in [0.25, 0.3) is 5.91 Å². The maximum Gasteiger partial charge on any atom is 0.251 e. The molecule has 1 aromatic rings. The minimum absolute atomic E-state index is 0.0437. The molecule has 19 heavy (non-hydrogen) atoms. The van der Waals surface area contributed by atoms with Crippen LogP contribution in [0.4, 0.5) is 0 Å². The second-order valence-corrected chi connectivity index (χ2v) is 4.48. The molecule has 1 amide bonds. The molecule has 4 atom stereocenters. The first-order chi connectivity index (χ1) is 9.13. The number of aliphatic hydroxyl groups excluding tert-OH is 3. The Morgan fingerprint density at radius 1 is 1.26 bits per heavy atom. The van der Waals surface area contributed by atoms with E-state index in [0.29, 0.717) is 5.56 Å². The maximum absolute atomic E-state index is 11.9. The normalized spacial score (nSPS) is 30.9. The predicted molar refractivity (Wildman–Crippen MR) is 66.5 cm³/mol. The first kappa shape index (κ1) is 14.0. The van der Waals surface area contributed by atoms with Gasteiger partial charge in [0.1, 0.15) is 18.3 Å². The molecule has 2 rings (SSSR count). The van der Waals surface area contributed by atoms with Crippen LogP contribution in [-0.4, -0.2) is 58.8 Å². The van der Waals surface area contributed by atoms with Gasteiger partial charge in [-0.25, -0.2) is 0 Å². The van der Waals surface area contributed by atoms with Crippen LogP contribution in [0.1, 0.15) is 10.4 Å². The van der Waals surface area contributed by atoms with Gasteiger partial charge in [-0.2, -0.15) is 0 Å². The second-order valence-electron chi connectivity index (χ2n) is 4.48. The third-order valence-corrected chi connectivity index (χ3v) is 3.17. The molecular weight excluding hydrogens is 250 g/mol. The van der Waals surface area contributed by atoms with Gasteiger partial charge in [-0.3, -0.25) is 4.79 Å². The highest BCUT2D eigenvalue weighted by atomic mass is 16.5. The molecule has 0 saturated carbocycles. The molecule has 0 bridgehead atoms. The van der Waals surface area contributed by atoms with Crippen LogP contribution in [0.2, 0.25) is 0 Å². The third-order valence-electron chi connectivity index (χ3n) is 3.17. The van der Waals surface area contributed by atoms with Crippen molar-refractivity contribution in [3.8, 4) is 0 Å². The summed E-state index contributed by atoms with van der Waals surface area (Å²) in [4.78, 5) is 11.9. The lowest BCUT2D eigenvalue weighted by atomic mass is 9.98. The van der Waals surface area contributed by atoms with Crippen molar-refractivity contribution in [3.05, 3.63) is 35.9 Å². The molecule has 4 N–H and O–H groups in total. The standard InChI is InChI=1S/C13H17NO5/c15-6-10-12(17)11(16)9(7-19-10)14-13(18)8-4-2-1-3-5-8/h1-5,9-12,15-17H,6-7H2,(H,14,18). The van der Waals surface area contributed by atoms with Crippen LogP contribution in [0.15, 0.2) is 30.3 Å². The summed E-state index contributed by atoms with van der Waals surface area (Å²) < 4.78 is 5.18. The van der Waals surface area contributed by atoms with Gasteiger partial charge < -0.3 is 25.4 Å². The first-order valence-corrected chi connectivity index (χ1v) is 6.08. The van der Waals surface area contributed by atoms with Gasteiger partial charge >= 0.3 is 0 Å². The fourth-order valence-corrected chi connectivity index (χ4v) is 2.01. The number of rotatable bonds is 3. The molecule has 1 fully saturated rings. The Hall–Kier alpha value is -1.47. The Kier molecular flexibility index (Phi) is 4.49. The molecule has 0 radical (unpaired) electrons. The average molecular weight is 267 g/mol. The van der Waals surface area contributed by atoms with E-state index in [1.165, 1.54) is 0 Å². The van der Waals surface area contributed by atoms with Gasteiger partial charge in [0.15, 0.2) is 0 Å². The van der Waals surface area contributed by atoms with E-state index in [9.17, 15) is 15.0 Å². The average Bonchev–Trinajstić information content (AvgIpc) is 2.45. The molecule has 1 heterocycles. The van der Waals surface area contributed by atoms with E-state index in [0.717, 1.165) is 0 Å². The van der Waals surface area contributed by atoms with Crippen LogP contribution >= 0.6 is 0 Å². The number of nitrogens with one attached hydrogen (secondary N) is 1. The molecule has 104 valence electrons. The smallest absolute Gasteiger partial charge is 0.251 e. The van der Waals surface area contributed by atoms with E-state index < -0.39 is 24.4 Å². The lowest BCUT2D eigenvalue weighted by molar-refractivity contribution is -0.159. The molecule has 6 heteroatoms. The lowest BCUT2D eigenvalue weighted by Gasteiger charge is -2.37. The Labute approximate surface area is 110 Å². The highest BCUT2D eigenvalue weighted by molar-refractivity contribution is 5.94. The van der Waals surface area contributed by atoms with Crippen molar-refractivity contribution < 1.29 is 24.9 Å². The number of hydrogen-bond acceptors (Lipinski definition) is 5. The molecule has 1 aliphatic rings. The fraction of sp³-hybridized carbons (Fsp3) is 0.462. The summed E-state index contributed by atoms with van der Waals surface area (Å²) in [5.74, 6) is -0.345. The van der Waals surface area contributed by atoms with Crippen molar-refractivity contribution in [1.82, 2.24) is 5.32 Å². The number of amides is 1. The molecule has 1 saturated heterocycles.